The molecule has 2 heterocycles. The number of aromatic nitrogens is 3. The number of ether oxygens (including phenoxy) is 6. The van der Waals surface area contributed by atoms with E-state index in [9.17, 15) is 0 Å². The van der Waals surface area contributed by atoms with Crippen molar-refractivity contribution in [1.82, 2.24) is 20.1 Å². The van der Waals surface area contributed by atoms with Gasteiger partial charge < -0.3 is 38.3 Å². The van der Waals surface area contributed by atoms with E-state index in [4.69, 9.17) is 34.8 Å². The van der Waals surface area contributed by atoms with Crippen LogP contribution in [0.2, 0.25) is 0 Å². The average molecular weight is 585 g/mol. The van der Waals surface area contributed by atoms with Gasteiger partial charge in [0, 0.05) is 24.0 Å². The van der Waals surface area contributed by atoms with Crippen LogP contribution in [-0.2, 0) is 18.9 Å². The number of rotatable bonds is 20. The smallest absolute Gasteiger partial charge is 0.136 e. The van der Waals surface area contributed by atoms with Gasteiger partial charge in [0.05, 0.1) is 46.2 Å². The molecule has 4 rings (SSSR count). The molecular weight excluding hydrogens is 536 g/mol. The fourth-order valence-corrected chi connectivity index (χ4v) is 5.62. The first-order valence-electron chi connectivity index (χ1n) is 15.3. The van der Waals surface area contributed by atoms with Crippen LogP contribution in [-0.4, -0.2) is 92.4 Å². The number of nitrogens with zero attached hydrogens (tertiary/aromatic N) is 3. The lowest BCUT2D eigenvalue weighted by Crippen LogP contribution is -2.35. The van der Waals surface area contributed by atoms with E-state index in [-0.39, 0.29) is 6.10 Å². The Morgan fingerprint density at radius 2 is 1.52 bits per heavy atom. The lowest BCUT2D eigenvalue weighted by atomic mass is 9.81. The lowest BCUT2D eigenvalue weighted by molar-refractivity contribution is -0.00187. The molecule has 1 saturated heterocycles. The number of hydrogen-bond acceptors (Lipinski definition) is 9. The molecule has 2 aromatic rings. The molecular formula is C32H48N4O6. The summed E-state index contributed by atoms with van der Waals surface area (Å²) in [6, 6.07) is 9.38. The van der Waals surface area contributed by atoms with Crippen molar-refractivity contribution in [3.05, 3.63) is 35.9 Å². The first-order chi connectivity index (χ1) is 20.5. The Morgan fingerprint density at radius 1 is 0.905 bits per heavy atom. The molecule has 232 valence electrons. The molecule has 1 aliphatic heterocycles. The van der Waals surface area contributed by atoms with Crippen LogP contribution in [0.3, 0.4) is 0 Å². The van der Waals surface area contributed by atoms with Crippen LogP contribution >= 0.6 is 0 Å². The van der Waals surface area contributed by atoms with Crippen molar-refractivity contribution >= 4 is 0 Å². The van der Waals surface area contributed by atoms with Crippen molar-refractivity contribution in [3.8, 4) is 23.8 Å². The van der Waals surface area contributed by atoms with E-state index in [1.54, 1.807) is 0 Å². The van der Waals surface area contributed by atoms with Crippen LogP contribution in [0.5, 0.6) is 11.5 Å². The minimum absolute atomic E-state index is 0.190. The highest BCUT2D eigenvalue weighted by atomic mass is 16.6. The predicted octanol–water partition coefficient (Wildman–Crippen LogP) is 4.08. The maximum absolute atomic E-state index is 6.23. The van der Waals surface area contributed by atoms with Crippen LogP contribution < -0.4 is 14.8 Å². The second-order valence-electron chi connectivity index (χ2n) is 11.2. The number of aryl methyl sites for hydroxylation is 1. The monoisotopic (exact) mass is 584 g/mol. The minimum Gasteiger partial charge on any atom is -0.491 e. The van der Waals surface area contributed by atoms with Crippen molar-refractivity contribution in [2.24, 2.45) is 0 Å². The minimum atomic E-state index is 0.190. The molecule has 10 nitrogen and oxygen atoms in total. The molecule has 3 atom stereocenters. The molecule has 2 aliphatic rings. The van der Waals surface area contributed by atoms with Gasteiger partial charge in [-0.25, -0.2) is 0 Å². The molecule has 0 radical (unpaired) electrons. The number of nitrogens with one attached hydrogen (secondary N) is 1. The van der Waals surface area contributed by atoms with Gasteiger partial charge in [0.25, 0.3) is 0 Å². The fraction of sp³-hybridized carbons (Fsp3) is 0.688. The third-order valence-corrected chi connectivity index (χ3v) is 7.81. The van der Waals surface area contributed by atoms with E-state index in [2.05, 4.69) is 46.8 Å². The van der Waals surface area contributed by atoms with Crippen LogP contribution in [0.15, 0.2) is 24.3 Å². The summed E-state index contributed by atoms with van der Waals surface area (Å²) in [6.07, 6.45) is 10.8. The highest BCUT2D eigenvalue weighted by Gasteiger charge is 2.37. The Morgan fingerprint density at radius 3 is 2.14 bits per heavy atom. The standard InChI is InChI=1S/C32H48N4O6/c1-5-12-37-13-14-38-15-16-39-17-18-40-19-20-41-29-8-10-30(11-9-29)42-31-22-27(23-31)32-35-34-26(4)36(32)25(3)21-28-7-6-24(2)33-28/h1,8-11,24-25,27-28,31,33H,6-7,12-23H2,2-4H3. The fourth-order valence-electron chi connectivity index (χ4n) is 5.62. The molecule has 1 aliphatic carbocycles. The topological polar surface area (TPSA) is 98.1 Å². The average Bonchev–Trinajstić information content (AvgIpc) is 3.55. The second-order valence-corrected chi connectivity index (χ2v) is 11.2. The summed E-state index contributed by atoms with van der Waals surface area (Å²) in [6.45, 7) is 11.0. The summed E-state index contributed by atoms with van der Waals surface area (Å²) in [5, 5.41) is 12.7. The van der Waals surface area contributed by atoms with Gasteiger partial charge in [-0.1, -0.05) is 5.92 Å². The predicted molar refractivity (Wildman–Crippen MR) is 160 cm³/mol. The Hall–Kier alpha value is -2.68. The maximum Gasteiger partial charge on any atom is 0.136 e. The molecule has 10 heteroatoms. The molecule has 1 N–H and O–H groups in total. The van der Waals surface area contributed by atoms with Crippen molar-refractivity contribution in [2.45, 2.75) is 83.0 Å². The van der Waals surface area contributed by atoms with Crippen LogP contribution in [0.25, 0.3) is 0 Å². The zero-order chi connectivity index (χ0) is 29.6. The summed E-state index contributed by atoms with van der Waals surface area (Å²) in [4.78, 5) is 0. The van der Waals surface area contributed by atoms with Crippen molar-refractivity contribution in [3.63, 3.8) is 0 Å². The molecule has 1 aromatic heterocycles. The zero-order valence-electron chi connectivity index (χ0n) is 25.5. The molecule has 1 aromatic carbocycles. The molecule has 42 heavy (non-hydrogen) atoms. The highest BCUT2D eigenvalue weighted by molar-refractivity contribution is 5.31. The van der Waals surface area contributed by atoms with E-state index in [1.165, 1.54) is 12.8 Å². The summed E-state index contributed by atoms with van der Waals surface area (Å²) < 4.78 is 35.9. The summed E-state index contributed by atoms with van der Waals surface area (Å²) >= 11 is 0. The Bertz CT molecular complexity index is 1080. The van der Waals surface area contributed by atoms with Gasteiger partial charge in [-0.15, -0.1) is 16.6 Å². The highest BCUT2D eigenvalue weighted by Crippen LogP contribution is 2.40. The molecule has 0 spiro atoms. The van der Waals surface area contributed by atoms with Gasteiger partial charge in [-0.2, -0.15) is 0 Å². The van der Waals surface area contributed by atoms with Crippen LogP contribution in [0, 0.1) is 19.3 Å². The quantitative estimate of drug-likeness (QED) is 0.182. The van der Waals surface area contributed by atoms with Gasteiger partial charge in [0.1, 0.15) is 42.5 Å². The number of terminal acetylenes is 1. The van der Waals surface area contributed by atoms with Crippen molar-refractivity contribution < 1.29 is 28.4 Å². The van der Waals surface area contributed by atoms with Crippen molar-refractivity contribution in [1.29, 1.82) is 0 Å². The van der Waals surface area contributed by atoms with E-state index < -0.39 is 0 Å². The van der Waals surface area contributed by atoms with E-state index in [0.29, 0.717) is 83.5 Å². The van der Waals surface area contributed by atoms with E-state index in [0.717, 1.165) is 42.4 Å². The van der Waals surface area contributed by atoms with Gasteiger partial charge in [0.2, 0.25) is 0 Å². The summed E-state index contributed by atoms with van der Waals surface area (Å²) in [5.74, 6) is 6.56. The van der Waals surface area contributed by atoms with E-state index >= 15 is 0 Å². The first kappa shape index (κ1) is 32.2. The lowest BCUT2D eigenvalue weighted by Gasteiger charge is -2.35. The second kappa shape index (κ2) is 17.4. The van der Waals surface area contributed by atoms with Gasteiger partial charge in [-0.3, -0.25) is 0 Å². The van der Waals surface area contributed by atoms with Gasteiger partial charge in [0.15, 0.2) is 0 Å². The Kier molecular flexibility index (Phi) is 13.4. The number of benzene rings is 1. The van der Waals surface area contributed by atoms with Crippen molar-refractivity contribution in [2.75, 3.05) is 59.5 Å². The summed E-state index contributed by atoms with van der Waals surface area (Å²) in [7, 11) is 0. The van der Waals surface area contributed by atoms with Crippen LogP contribution in [0.1, 0.15) is 69.6 Å². The third-order valence-electron chi connectivity index (χ3n) is 7.81. The van der Waals surface area contributed by atoms with E-state index in [1.807, 2.05) is 24.3 Å². The molecule has 0 amide bonds. The normalized spacial score (nSPS) is 22.4. The number of hydrogen-bond donors (Lipinski definition) is 1. The largest absolute Gasteiger partial charge is 0.491 e. The molecule has 0 bridgehead atoms. The third kappa shape index (κ3) is 10.2. The Labute approximate surface area is 250 Å². The summed E-state index contributed by atoms with van der Waals surface area (Å²) in [5.41, 5.74) is 0. The Balaban J connectivity index is 1.05. The molecule has 2 fully saturated rings. The SMILES string of the molecule is C#CCOCCOCCOCCOCCOc1ccc(OC2CC(c3nnc(C)n3C(C)CC3CCC(C)N3)C2)cc1. The molecule has 3 unspecified atom stereocenters. The maximum atomic E-state index is 6.23. The van der Waals surface area contributed by atoms with Gasteiger partial charge in [-0.05, 0) is 77.1 Å². The van der Waals surface area contributed by atoms with Crippen LogP contribution in [0.4, 0.5) is 0 Å². The molecule has 1 saturated carbocycles. The first-order valence-corrected chi connectivity index (χ1v) is 15.3. The van der Waals surface area contributed by atoms with Gasteiger partial charge >= 0.3 is 0 Å². The zero-order valence-corrected chi connectivity index (χ0v) is 25.5.